The Morgan fingerprint density at radius 3 is 2.83 bits per heavy atom. The maximum atomic E-state index is 11.7. The number of carbonyl (C=O) groups is 2. The number of amides is 1. The van der Waals surface area contributed by atoms with Gasteiger partial charge >= 0.3 is 5.97 Å². The lowest BCUT2D eigenvalue weighted by Gasteiger charge is -2.16. The summed E-state index contributed by atoms with van der Waals surface area (Å²) in [5.41, 5.74) is 0. The molecule has 1 amide bonds. The molecule has 0 aliphatic rings. The van der Waals surface area contributed by atoms with Gasteiger partial charge in [-0.1, -0.05) is 19.4 Å². The summed E-state index contributed by atoms with van der Waals surface area (Å²) in [5.74, 6) is -0.841. The largest absolute Gasteiger partial charge is 0.481 e. The molecule has 0 aromatic carbocycles. The number of thiophene rings is 1. The van der Waals surface area contributed by atoms with E-state index in [0.717, 1.165) is 29.5 Å². The summed E-state index contributed by atoms with van der Waals surface area (Å²) < 4.78 is 0. The molecule has 1 rings (SSSR count). The van der Waals surface area contributed by atoms with Crippen molar-refractivity contribution in [2.24, 2.45) is 0 Å². The Morgan fingerprint density at radius 2 is 2.28 bits per heavy atom. The Labute approximate surface area is 115 Å². The molecule has 1 unspecified atom stereocenters. The number of nitrogens with one attached hydrogen (secondary N) is 1. The van der Waals surface area contributed by atoms with Gasteiger partial charge in [-0.2, -0.15) is 0 Å². The van der Waals surface area contributed by atoms with Gasteiger partial charge in [0.2, 0.25) is 5.91 Å². The fourth-order valence-electron chi connectivity index (χ4n) is 1.53. The highest BCUT2D eigenvalue weighted by Crippen LogP contribution is 2.23. The van der Waals surface area contributed by atoms with Gasteiger partial charge in [0.1, 0.15) is 0 Å². The van der Waals surface area contributed by atoms with Crippen molar-refractivity contribution in [3.8, 4) is 0 Å². The molecular formula is C12H17NO3S2. The number of rotatable bonds is 8. The van der Waals surface area contributed by atoms with E-state index in [2.05, 4.69) is 12.2 Å². The average Bonchev–Trinajstić information content (AvgIpc) is 2.81. The van der Waals surface area contributed by atoms with E-state index in [4.69, 9.17) is 5.11 Å². The predicted octanol–water partition coefficient (Wildman–Crippen LogP) is 2.52. The Morgan fingerprint density at radius 1 is 1.50 bits per heavy atom. The zero-order valence-corrected chi connectivity index (χ0v) is 11.9. The van der Waals surface area contributed by atoms with E-state index >= 15 is 0 Å². The maximum Gasteiger partial charge on any atom is 0.313 e. The highest BCUT2D eigenvalue weighted by Gasteiger charge is 2.14. The molecule has 0 fully saturated rings. The topological polar surface area (TPSA) is 66.4 Å². The third kappa shape index (κ3) is 5.55. The smallest absolute Gasteiger partial charge is 0.313 e. The van der Waals surface area contributed by atoms with Crippen LogP contribution in [0.2, 0.25) is 0 Å². The second kappa shape index (κ2) is 8.16. The van der Waals surface area contributed by atoms with Gasteiger partial charge in [-0.3, -0.25) is 9.59 Å². The third-order valence-corrected chi connectivity index (χ3v) is 4.16. The summed E-state index contributed by atoms with van der Waals surface area (Å²) in [6.07, 6.45) is 1.89. The number of hydrogen-bond donors (Lipinski definition) is 2. The fourth-order valence-corrected chi connectivity index (χ4v) is 2.89. The number of carbonyl (C=O) groups excluding carboxylic acids is 1. The molecule has 0 aliphatic heterocycles. The summed E-state index contributed by atoms with van der Waals surface area (Å²) in [6, 6.07) is 4.02. The molecule has 1 atom stereocenters. The van der Waals surface area contributed by atoms with Crippen LogP contribution in [0.4, 0.5) is 0 Å². The average molecular weight is 287 g/mol. The van der Waals surface area contributed by atoms with Gasteiger partial charge in [0.05, 0.1) is 17.5 Å². The molecular weight excluding hydrogens is 270 g/mol. The number of thioether (sulfide) groups is 1. The Kier molecular flexibility index (Phi) is 6.82. The highest BCUT2D eigenvalue weighted by atomic mass is 32.2. The van der Waals surface area contributed by atoms with Crippen LogP contribution in [0.5, 0.6) is 0 Å². The van der Waals surface area contributed by atoms with Crippen LogP contribution in [0.1, 0.15) is 30.7 Å². The first kappa shape index (κ1) is 15.0. The van der Waals surface area contributed by atoms with Gasteiger partial charge in [0, 0.05) is 4.88 Å². The van der Waals surface area contributed by atoms with Crippen molar-refractivity contribution in [1.82, 2.24) is 5.32 Å². The molecule has 100 valence electrons. The van der Waals surface area contributed by atoms with Crippen molar-refractivity contribution in [1.29, 1.82) is 0 Å². The van der Waals surface area contributed by atoms with E-state index in [0.29, 0.717) is 0 Å². The summed E-state index contributed by atoms with van der Waals surface area (Å²) >= 11 is 2.74. The summed E-state index contributed by atoms with van der Waals surface area (Å²) in [5, 5.41) is 13.4. The third-order valence-electron chi connectivity index (χ3n) is 2.26. The molecule has 0 aliphatic carbocycles. The number of carboxylic acid groups (broad SMARTS) is 1. The van der Waals surface area contributed by atoms with E-state index < -0.39 is 5.97 Å². The summed E-state index contributed by atoms with van der Waals surface area (Å²) in [7, 11) is 0. The molecule has 0 spiro atoms. The zero-order valence-electron chi connectivity index (χ0n) is 10.2. The number of hydrogen-bond acceptors (Lipinski definition) is 4. The van der Waals surface area contributed by atoms with Crippen molar-refractivity contribution in [3.63, 3.8) is 0 Å². The van der Waals surface area contributed by atoms with E-state index in [1.165, 1.54) is 0 Å². The highest BCUT2D eigenvalue weighted by molar-refractivity contribution is 8.00. The molecule has 6 heteroatoms. The standard InChI is InChI=1S/C12H17NO3S2/c1-2-4-9(10-5-3-6-18-10)13-11(14)7-17-8-12(15)16/h3,5-6,9H,2,4,7-8H2,1H3,(H,13,14)(H,15,16). The second-order valence-corrected chi connectivity index (χ2v) is 5.78. The van der Waals surface area contributed by atoms with Crippen LogP contribution in [0.15, 0.2) is 17.5 Å². The van der Waals surface area contributed by atoms with Crippen molar-refractivity contribution < 1.29 is 14.7 Å². The van der Waals surface area contributed by atoms with Crippen LogP contribution in [-0.4, -0.2) is 28.5 Å². The molecule has 0 saturated carbocycles. The van der Waals surface area contributed by atoms with Gasteiger partial charge in [-0.25, -0.2) is 0 Å². The first-order chi connectivity index (χ1) is 8.63. The van der Waals surface area contributed by atoms with Gasteiger partial charge in [0.15, 0.2) is 0 Å². The van der Waals surface area contributed by atoms with Crippen molar-refractivity contribution >= 4 is 35.0 Å². The zero-order chi connectivity index (χ0) is 13.4. The quantitative estimate of drug-likeness (QED) is 0.771. The van der Waals surface area contributed by atoms with Crippen LogP contribution in [0.25, 0.3) is 0 Å². The fraction of sp³-hybridized carbons (Fsp3) is 0.500. The SMILES string of the molecule is CCCC(NC(=O)CSCC(=O)O)c1cccs1. The molecule has 0 bridgehead atoms. The minimum absolute atomic E-state index is 0.0368. The molecule has 1 aromatic rings. The minimum Gasteiger partial charge on any atom is -0.481 e. The molecule has 0 saturated heterocycles. The molecule has 18 heavy (non-hydrogen) atoms. The van der Waals surface area contributed by atoms with Crippen molar-refractivity contribution in [3.05, 3.63) is 22.4 Å². The Balaban J connectivity index is 2.41. The van der Waals surface area contributed by atoms with Crippen LogP contribution in [0.3, 0.4) is 0 Å². The van der Waals surface area contributed by atoms with Crippen LogP contribution in [-0.2, 0) is 9.59 Å². The van der Waals surface area contributed by atoms with Gasteiger partial charge in [-0.05, 0) is 17.9 Å². The molecule has 1 aromatic heterocycles. The van der Waals surface area contributed by atoms with Crippen molar-refractivity contribution in [2.75, 3.05) is 11.5 Å². The van der Waals surface area contributed by atoms with Crippen LogP contribution >= 0.6 is 23.1 Å². The van der Waals surface area contributed by atoms with Crippen LogP contribution < -0.4 is 5.32 Å². The van der Waals surface area contributed by atoms with E-state index in [1.807, 2.05) is 17.5 Å². The van der Waals surface area contributed by atoms with E-state index in [-0.39, 0.29) is 23.5 Å². The van der Waals surface area contributed by atoms with Crippen molar-refractivity contribution in [2.45, 2.75) is 25.8 Å². The lowest BCUT2D eigenvalue weighted by atomic mass is 10.1. The molecule has 4 nitrogen and oxygen atoms in total. The monoisotopic (exact) mass is 287 g/mol. The first-order valence-electron chi connectivity index (χ1n) is 5.75. The van der Waals surface area contributed by atoms with E-state index in [1.54, 1.807) is 11.3 Å². The summed E-state index contributed by atoms with van der Waals surface area (Å²) in [6.45, 7) is 2.08. The Hall–Kier alpha value is -1.01. The number of carboxylic acids is 1. The van der Waals surface area contributed by atoms with E-state index in [9.17, 15) is 9.59 Å². The second-order valence-electron chi connectivity index (χ2n) is 3.81. The molecule has 2 N–H and O–H groups in total. The van der Waals surface area contributed by atoms with Gasteiger partial charge in [-0.15, -0.1) is 23.1 Å². The molecule has 1 heterocycles. The van der Waals surface area contributed by atoms with Gasteiger partial charge in [0.25, 0.3) is 0 Å². The van der Waals surface area contributed by atoms with Gasteiger partial charge < -0.3 is 10.4 Å². The minimum atomic E-state index is -0.892. The normalized spacial score (nSPS) is 12.1. The van der Waals surface area contributed by atoms with Crippen LogP contribution in [0, 0.1) is 0 Å². The lowest BCUT2D eigenvalue weighted by Crippen LogP contribution is -2.29. The summed E-state index contributed by atoms with van der Waals surface area (Å²) in [4.78, 5) is 23.2. The Bertz CT molecular complexity index is 379. The number of aliphatic carboxylic acids is 1. The predicted molar refractivity (Wildman–Crippen MR) is 75.1 cm³/mol. The molecule has 0 radical (unpaired) electrons. The maximum absolute atomic E-state index is 11.7. The lowest BCUT2D eigenvalue weighted by molar-refractivity contribution is -0.133. The first-order valence-corrected chi connectivity index (χ1v) is 7.79.